The van der Waals surface area contributed by atoms with Gasteiger partial charge in [-0.2, -0.15) is 0 Å². The third-order valence-electron chi connectivity index (χ3n) is 3.39. The molecular formula is C19H19NO3. The summed E-state index contributed by atoms with van der Waals surface area (Å²) in [6.07, 6.45) is 6.17. The third kappa shape index (κ3) is 4.61. The molecule has 0 heterocycles. The highest BCUT2D eigenvalue weighted by Crippen LogP contribution is 2.19. The highest BCUT2D eigenvalue weighted by molar-refractivity contribution is 6.21. The van der Waals surface area contributed by atoms with Gasteiger partial charge in [0.2, 0.25) is 0 Å². The normalized spacial score (nSPS) is 16.7. The van der Waals surface area contributed by atoms with Crippen molar-refractivity contribution in [3.8, 4) is 0 Å². The van der Waals surface area contributed by atoms with E-state index < -0.39 is 5.97 Å². The lowest BCUT2D eigenvalue weighted by Crippen LogP contribution is -2.16. The number of nitrogens with zero attached hydrogens (tertiary/aromatic N) is 1. The second-order valence-corrected chi connectivity index (χ2v) is 5.58. The highest BCUT2D eigenvalue weighted by atomic mass is 16.7. The van der Waals surface area contributed by atoms with Gasteiger partial charge in [0.15, 0.2) is 5.78 Å². The molecule has 0 spiro atoms. The molecule has 1 aliphatic rings. The monoisotopic (exact) mass is 309 g/mol. The quantitative estimate of drug-likeness (QED) is 0.369. The standard InChI is InChI=1S/C19H19NO3/c1-13(2)16-12-18(21)14(3)11-17(16)20-23-19(22)10-9-15-7-5-4-6-8-15/h4-13H,1-3H3. The van der Waals surface area contributed by atoms with E-state index in [0.717, 1.165) is 11.1 Å². The zero-order chi connectivity index (χ0) is 16.8. The Morgan fingerprint density at radius 2 is 1.87 bits per heavy atom. The van der Waals surface area contributed by atoms with Crippen LogP contribution in [0, 0.1) is 5.92 Å². The summed E-state index contributed by atoms with van der Waals surface area (Å²) in [4.78, 5) is 28.4. The molecule has 0 radical (unpaired) electrons. The van der Waals surface area contributed by atoms with Crippen molar-refractivity contribution in [3.05, 3.63) is 65.3 Å². The Hall–Kier alpha value is -2.75. The van der Waals surface area contributed by atoms with Gasteiger partial charge in [0, 0.05) is 6.08 Å². The van der Waals surface area contributed by atoms with Crippen molar-refractivity contribution in [3.63, 3.8) is 0 Å². The summed E-state index contributed by atoms with van der Waals surface area (Å²) < 4.78 is 0. The predicted octanol–water partition coefficient (Wildman–Crippen LogP) is 3.71. The third-order valence-corrected chi connectivity index (χ3v) is 3.39. The zero-order valence-corrected chi connectivity index (χ0v) is 13.4. The highest BCUT2D eigenvalue weighted by Gasteiger charge is 2.19. The predicted molar refractivity (Wildman–Crippen MR) is 90.7 cm³/mol. The number of hydrogen-bond acceptors (Lipinski definition) is 4. The molecule has 1 aliphatic carbocycles. The molecular weight excluding hydrogens is 290 g/mol. The first-order chi connectivity index (χ1) is 11.0. The lowest BCUT2D eigenvalue weighted by molar-refractivity contribution is -0.137. The first kappa shape index (κ1) is 16.6. The molecule has 118 valence electrons. The number of rotatable bonds is 4. The molecule has 0 aliphatic heterocycles. The van der Waals surface area contributed by atoms with Gasteiger partial charge in [-0.15, -0.1) is 0 Å². The van der Waals surface area contributed by atoms with Gasteiger partial charge in [-0.1, -0.05) is 49.3 Å². The van der Waals surface area contributed by atoms with Gasteiger partial charge in [0.05, 0.1) is 0 Å². The molecule has 0 unspecified atom stereocenters. The number of carbonyl (C=O) groups is 2. The van der Waals surface area contributed by atoms with Gasteiger partial charge in [0.25, 0.3) is 0 Å². The van der Waals surface area contributed by atoms with E-state index in [1.165, 1.54) is 6.08 Å². The van der Waals surface area contributed by atoms with Crippen LogP contribution in [0.2, 0.25) is 0 Å². The fraction of sp³-hybridized carbons (Fsp3) is 0.211. The number of hydrogen-bond donors (Lipinski definition) is 0. The van der Waals surface area contributed by atoms with Crippen LogP contribution in [-0.4, -0.2) is 17.5 Å². The smallest absolute Gasteiger partial charge is 0.313 e. The molecule has 0 aromatic heterocycles. The maximum atomic E-state index is 11.8. The van der Waals surface area contributed by atoms with Crippen molar-refractivity contribution >= 4 is 23.5 Å². The molecule has 0 N–H and O–H groups in total. The van der Waals surface area contributed by atoms with Crippen molar-refractivity contribution in [1.82, 2.24) is 0 Å². The summed E-state index contributed by atoms with van der Waals surface area (Å²) in [7, 11) is 0. The van der Waals surface area contributed by atoms with Crippen molar-refractivity contribution in [2.24, 2.45) is 11.1 Å². The first-order valence-electron chi connectivity index (χ1n) is 7.44. The van der Waals surface area contributed by atoms with Crippen LogP contribution in [-0.2, 0) is 14.4 Å². The minimum atomic E-state index is -0.563. The fourth-order valence-corrected chi connectivity index (χ4v) is 2.08. The molecule has 0 saturated heterocycles. The Kier molecular flexibility index (Phi) is 5.41. The maximum absolute atomic E-state index is 11.8. The minimum Gasteiger partial charge on any atom is -0.313 e. The Balaban J connectivity index is 2.09. The lowest BCUT2D eigenvalue weighted by atomic mass is 9.90. The molecule has 0 fully saturated rings. The van der Waals surface area contributed by atoms with Crippen LogP contribution in [0.5, 0.6) is 0 Å². The fourth-order valence-electron chi connectivity index (χ4n) is 2.08. The van der Waals surface area contributed by atoms with Crippen LogP contribution in [0.3, 0.4) is 0 Å². The number of benzene rings is 1. The lowest BCUT2D eigenvalue weighted by Gasteiger charge is -2.15. The van der Waals surface area contributed by atoms with Gasteiger partial charge in [0.1, 0.15) is 5.71 Å². The van der Waals surface area contributed by atoms with E-state index in [1.807, 2.05) is 44.2 Å². The van der Waals surface area contributed by atoms with Gasteiger partial charge < -0.3 is 4.84 Å². The van der Waals surface area contributed by atoms with E-state index in [0.29, 0.717) is 11.3 Å². The van der Waals surface area contributed by atoms with Gasteiger partial charge in [-0.25, -0.2) is 4.79 Å². The molecule has 0 saturated carbocycles. The second kappa shape index (κ2) is 7.49. The average molecular weight is 309 g/mol. The molecule has 1 aromatic rings. The van der Waals surface area contributed by atoms with E-state index in [-0.39, 0.29) is 11.7 Å². The summed E-state index contributed by atoms with van der Waals surface area (Å²) in [6.45, 7) is 5.63. The van der Waals surface area contributed by atoms with E-state index in [2.05, 4.69) is 5.16 Å². The molecule has 0 amide bonds. The summed E-state index contributed by atoms with van der Waals surface area (Å²) >= 11 is 0. The van der Waals surface area contributed by atoms with Crippen LogP contribution in [0.15, 0.2) is 64.9 Å². The first-order valence-corrected chi connectivity index (χ1v) is 7.44. The van der Waals surface area contributed by atoms with Crippen molar-refractivity contribution < 1.29 is 14.4 Å². The maximum Gasteiger partial charge on any atom is 0.358 e. The minimum absolute atomic E-state index is 0.0389. The molecule has 4 heteroatoms. The topological polar surface area (TPSA) is 55.7 Å². The average Bonchev–Trinajstić information content (AvgIpc) is 2.54. The van der Waals surface area contributed by atoms with E-state index in [1.54, 1.807) is 25.2 Å². The Labute approximate surface area is 135 Å². The number of oxime groups is 1. The van der Waals surface area contributed by atoms with E-state index in [4.69, 9.17) is 4.84 Å². The van der Waals surface area contributed by atoms with Crippen LogP contribution < -0.4 is 0 Å². The SMILES string of the molecule is CC1=CC(=NOC(=O)C=Cc2ccccc2)C(C(C)C)=CC1=O. The summed E-state index contributed by atoms with van der Waals surface area (Å²) in [6, 6.07) is 9.44. The van der Waals surface area contributed by atoms with E-state index >= 15 is 0 Å². The number of carbonyl (C=O) groups excluding carboxylic acids is 2. The molecule has 1 aromatic carbocycles. The summed E-state index contributed by atoms with van der Waals surface area (Å²) in [5, 5.41) is 3.90. The van der Waals surface area contributed by atoms with Crippen LogP contribution in [0.4, 0.5) is 0 Å². The number of allylic oxidation sites excluding steroid dienone is 4. The molecule has 4 nitrogen and oxygen atoms in total. The molecule has 23 heavy (non-hydrogen) atoms. The van der Waals surface area contributed by atoms with Gasteiger partial charge >= 0.3 is 5.97 Å². The largest absolute Gasteiger partial charge is 0.358 e. The molecule has 0 atom stereocenters. The summed E-state index contributed by atoms with van der Waals surface area (Å²) in [5.41, 5.74) is 2.75. The van der Waals surface area contributed by atoms with Crippen LogP contribution >= 0.6 is 0 Å². The second-order valence-electron chi connectivity index (χ2n) is 5.58. The van der Waals surface area contributed by atoms with E-state index in [9.17, 15) is 9.59 Å². The summed E-state index contributed by atoms with van der Waals surface area (Å²) in [5.74, 6) is -0.490. The number of ketones is 1. The Bertz CT molecular complexity index is 722. The molecule has 2 rings (SSSR count). The van der Waals surface area contributed by atoms with Gasteiger partial charge in [-0.05, 0) is 47.8 Å². The van der Waals surface area contributed by atoms with Crippen LogP contribution in [0.25, 0.3) is 6.08 Å². The van der Waals surface area contributed by atoms with Crippen molar-refractivity contribution in [1.29, 1.82) is 0 Å². The molecule has 0 bridgehead atoms. The van der Waals surface area contributed by atoms with Crippen molar-refractivity contribution in [2.45, 2.75) is 20.8 Å². The van der Waals surface area contributed by atoms with Crippen LogP contribution in [0.1, 0.15) is 26.3 Å². The van der Waals surface area contributed by atoms with Gasteiger partial charge in [-0.3, -0.25) is 4.79 Å². The Morgan fingerprint density at radius 3 is 2.52 bits per heavy atom. The Morgan fingerprint density at radius 1 is 1.17 bits per heavy atom. The van der Waals surface area contributed by atoms with Crippen molar-refractivity contribution in [2.75, 3.05) is 0 Å². The zero-order valence-electron chi connectivity index (χ0n) is 13.4.